The molecular formula is C15H10F3NS. The molecule has 2 aromatic carbocycles. The molecule has 0 unspecified atom stereocenters. The standard InChI is InChI=1S/C15H10F3NS/c16-15(17,18)13-7-4-8-14-12(13)9-10-19(14)20-11-5-2-1-3-6-11/h1-10H. The van der Waals surface area contributed by atoms with Crippen molar-refractivity contribution in [3.05, 3.63) is 66.4 Å². The number of nitrogens with zero attached hydrogens (tertiary/aromatic N) is 1. The smallest absolute Gasteiger partial charge is 0.287 e. The summed E-state index contributed by atoms with van der Waals surface area (Å²) in [6, 6.07) is 15.3. The molecule has 102 valence electrons. The monoisotopic (exact) mass is 293 g/mol. The summed E-state index contributed by atoms with van der Waals surface area (Å²) in [4.78, 5) is 0.974. The molecule has 0 N–H and O–H groups in total. The molecule has 1 aromatic heterocycles. The molecule has 0 spiro atoms. The van der Waals surface area contributed by atoms with Gasteiger partial charge in [-0.1, -0.05) is 24.3 Å². The highest BCUT2D eigenvalue weighted by atomic mass is 32.2. The van der Waals surface area contributed by atoms with Crippen LogP contribution in [0.5, 0.6) is 0 Å². The Kier molecular flexibility index (Phi) is 3.22. The van der Waals surface area contributed by atoms with E-state index in [4.69, 9.17) is 0 Å². The van der Waals surface area contributed by atoms with Crippen molar-refractivity contribution in [3.8, 4) is 0 Å². The van der Waals surface area contributed by atoms with Crippen LogP contribution in [0.1, 0.15) is 5.56 Å². The molecular weight excluding hydrogens is 283 g/mol. The number of fused-ring (bicyclic) bond motifs is 1. The predicted molar refractivity (Wildman–Crippen MR) is 74.6 cm³/mol. The van der Waals surface area contributed by atoms with Gasteiger partial charge in [0.05, 0.1) is 11.1 Å². The summed E-state index contributed by atoms with van der Waals surface area (Å²) in [6.07, 6.45) is -2.67. The van der Waals surface area contributed by atoms with Crippen molar-refractivity contribution in [1.82, 2.24) is 3.97 Å². The van der Waals surface area contributed by atoms with Crippen molar-refractivity contribution >= 4 is 22.9 Å². The summed E-state index contributed by atoms with van der Waals surface area (Å²) >= 11 is 1.39. The summed E-state index contributed by atoms with van der Waals surface area (Å²) in [6.45, 7) is 0. The van der Waals surface area contributed by atoms with Crippen LogP contribution in [0.25, 0.3) is 10.9 Å². The molecule has 0 saturated carbocycles. The molecule has 3 rings (SSSR count). The molecule has 0 radical (unpaired) electrons. The SMILES string of the molecule is FC(F)(F)c1cccc2c1ccn2Sc1ccccc1. The Morgan fingerprint density at radius 2 is 1.60 bits per heavy atom. The van der Waals surface area contributed by atoms with Gasteiger partial charge in [-0.25, -0.2) is 0 Å². The lowest BCUT2D eigenvalue weighted by Gasteiger charge is -2.09. The molecule has 20 heavy (non-hydrogen) atoms. The van der Waals surface area contributed by atoms with Crippen LogP contribution in [0.2, 0.25) is 0 Å². The fourth-order valence-corrected chi connectivity index (χ4v) is 2.95. The van der Waals surface area contributed by atoms with Crippen LogP contribution >= 0.6 is 11.9 Å². The molecule has 0 aliphatic rings. The van der Waals surface area contributed by atoms with Crippen LogP contribution in [-0.2, 0) is 6.18 Å². The van der Waals surface area contributed by atoms with Crippen molar-refractivity contribution in [2.45, 2.75) is 11.1 Å². The zero-order valence-electron chi connectivity index (χ0n) is 10.3. The van der Waals surface area contributed by atoms with Gasteiger partial charge in [0, 0.05) is 16.5 Å². The first-order valence-electron chi connectivity index (χ1n) is 5.96. The van der Waals surface area contributed by atoms with Crippen molar-refractivity contribution in [3.63, 3.8) is 0 Å². The van der Waals surface area contributed by atoms with Gasteiger partial charge in [-0.05, 0) is 42.3 Å². The molecule has 0 fully saturated rings. The third-order valence-electron chi connectivity index (χ3n) is 2.95. The lowest BCUT2D eigenvalue weighted by Crippen LogP contribution is -2.05. The minimum absolute atomic E-state index is 0.225. The van der Waals surface area contributed by atoms with E-state index in [0.29, 0.717) is 5.52 Å². The molecule has 5 heteroatoms. The summed E-state index contributed by atoms with van der Waals surface area (Å²) in [5, 5.41) is 0.225. The minimum atomic E-state index is -4.33. The van der Waals surface area contributed by atoms with E-state index in [1.165, 1.54) is 24.1 Å². The lowest BCUT2D eigenvalue weighted by atomic mass is 10.1. The Morgan fingerprint density at radius 3 is 2.30 bits per heavy atom. The highest BCUT2D eigenvalue weighted by Crippen LogP contribution is 2.36. The van der Waals surface area contributed by atoms with Gasteiger partial charge in [-0.2, -0.15) is 13.2 Å². The summed E-state index contributed by atoms with van der Waals surface area (Å²) in [5.74, 6) is 0. The van der Waals surface area contributed by atoms with Gasteiger partial charge in [0.1, 0.15) is 0 Å². The van der Waals surface area contributed by atoms with E-state index in [1.807, 2.05) is 30.3 Å². The fourth-order valence-electron chi connectivity index (χ4n) is 2.06. The van der Waals surface area contributed by atoms with E-state index in [2.05, 4.69) is 0 Å². The molecule has 0 aliphatic carbocycles. The number of hydrogen-bond donors (Lipinski definition) is 0. The average molecular weight is 293 g/mol. The quantitative estimate of drug-likeness (QED) is 0.627. The number of benzene rings is 2. The molecule has 1 heterocycles. The zero-order valence-corrected chi connectivity index (χ0v) is 11.1. The number of rotatable bonds is 2. The van der Waals surface area contributed by atoms with E-state index >= 15 is 0 Å². The largest absolute Gasteiger partial charge is 0.417 e. The van der Waals surface area contributed by atoms with Gasteiger partial charge in [-0.3, -0.25) is 3.97 Å². The first-order valence-corrected chi connectivity index (χ1v) is 6.74. The van der Waals surface area contributed by atoms with Crippen LogP contribution in [0.3, 0.4) is 0 Å². The van der Waals surface area contributed by atoms with Crippen molar-refractivity contribution in [2.75, 3.05) is 0 Å². The Bertz CT molecular complexity index is 732. The topological polar surface area (TPSA) is 4.93 Å². The Hall–Kier alpha value is -1.88. The van der Waals surface area contributed by atoms with E-state index in [9.17, 15) is 13.2 Å². The average Bonchev–Trinajstić information content (AvgIpc) is 2.82. The third-order valence-corrected chi connectivity index (χ3v) is 3.95. The fraction of sp³-hybridized carbons (Fsp3) is 0.0667. The van der Waals surface area contributed by atoms with E-state index in [-0.39, 0.29) is 5.39 Å². The van der Waals surface area contributed by atoms with E-state index < -0.39 is 11.7 Å². The maximum Gasteiger partial charge on any atom is 0.417 e. The first kappa shape index (κ1) is 13.1. The second kappa shape index (κ2) is 4.90. The summed E-state index contributed by atoms with van der Waals surface area (Å²) in [7, 11) is 0. The van der Waals surface area contributed by atoms with Crippen LogP contribution in [-0.4, -0.2) is 3.97 Å². The van der Waals surface area contributed by atoms with Crippen LogP contribution in [0.15, 0.2) is 65.7 Å². The maximum atomic E-state index is 12.9. The predicted octanol–water partition coefficient (Wildman–Crippen LogP) is 5.22. The number of halogens is 3. The van der Waals surface area contributed by atoms with Crippen LogP contribution in [0, 0.1) is 0 Å². The second-order valence-electron chi connectivity index (χ2n) is 4.28. The van der Waals surface area contributed by atoms with E-state index in [1.54, 1.807) is 16.2 Å². The van der Waals surface area contributed by atoms with Crippen LogP contribution in [0.4, 0.5) is 13.2 Å². The molecule has 1 nitrogen and oxygen atoms in total. The Labute approximate surface area is 118 Å². The number of alkyl halides is 3. The van der Waals surface area contributed by atoms with Gasteiger partial charge in [0.15, 0.2) is 0 Å². The van der Waals surface area contributed by atoms with Gasteiger partial charge >= 0.3 is 6.18 Å². The molecule has 3 aromatic rings. The van der Waals surface area contributed by atoms with Gasteiger partial charge in [0.2, 0.25) is 0 Å². The molecule has 0 bridgehead atoms. The van der Waals surface area contributed by atoms with Crippen LogP contribution < -0.4 is 0 Å². The molecule has 0 atom stereocenters. The second-order valence-corrected chi connectivity index (χ2v) is 5.33. The van der Waals surface area contributed by atoms with Gasteiger partial charge < -0.3 is 0 Å². The Morgan fingerprint density at radius 1 is 0.850 bits per heavy atom. The number of aromatic nitrogens is 1. The van der Waals surface area contributed by atoms with Gasteiger partial charge in [0.25, 0.3) is 0 Å². The summed E-state index contributed by atoms with van der Waals surface area (Å²) in [5.41, 5.74) is -0.0314. The van der Waals surface area contributed by atoms with Gasteiger partial charge in [-0.15, -0.1) is 0 Å². The maximum absolute atomic E-state index is 12.9. The lowest BCUT2D eigenvalue weighted by molar-refractivity contribution is -0.136. The zero-order chi connectivity index (χ0) is 14.2. The Balaban J connectivity index is 2.07. The molecule has 0 aliphatic heterocycles. The van der Waals surface area contributed by atoms with E-state index in [0.717, 1.165) is 11.0 Å². The number of hydrogen-bond acceptors (Lipinski definition) is 1. The highest BCUT2D eigenvalue weighted by Gasteiger charge is 2.32. The normalized spacial score (nSPS) is 11.9. The summed E-state index contributed by atoms with van der Waals surface area (Å²) < 4.78 is 40.6. The first-order chi connectivity index (χ1) is 9.55. The molecule has 0 saturated heterocycles. The van der Waals surface area contributed by atoms with Crippen molar-refractivity contribution in [1.29, 1.82) is 0 Å². The minimum Gasteiger partial charge on any atom is -0.287 e. The van der Waals surface area contributed by atoms with Crippen molar-refractivity contribution in [2.24, 2.45) is 0 Å². The highest BCUT2D eigenvalue weighted by molar-refractivity contribution is 7.98. The van der Waals surface area contributed by atoms with Crippen molar-refractivity contribution < 1.29 is 13.2 Å². The third kappa shape index (κ3) is 2.41. The molecule has 0 amide bonds.